The molecule has 314 valence electrons. The van der Waals surface area contributed by atoms with Crippen LogP contribution in [0.5, 0.6) is 5.75 Å². The summed E-state index contributed by atoms with van der Waals surface area (Å²) in [4.78, 5) is 41.9. The first-order valence-corrected chi connectivity index (χ1v) is 22.0. The van der Waals surface area contributed by atoms with E-state index in [-0.39, 0.29) is 54.4 Å². The van der Waals surface area contributed by atoms with Crippen molar-refractivity contribution < 1.29 is 27.5 Å². The van der Waals surface area contributed by atoms with Gasteiger partial charge in [-0.15, -0.1) is 5.10 Å². The van der Waals surface area contributed by atoms with E-state index in [9.17, 15) is 22.8 Å². The van der Waals surface area contributed by atoms with Crippen molar-refractivity contribution in [2.24, 2.45) is 5.10 Å². The van der Waals surface area contributed by atoms with Crippen LogP contribution in [0.25, 0.3) is 0 Å². The molecule has 0 saturated heterocycles. The Morgan fingerprint density at radius 3 is 2.08 bits per heavy atom. The van der Waals surface area contributed by atoms with Gasteiger partial charge in [-0.3, -0.25) is 14.4 Å². The summed E-state index contributed by atoms with van der Waals surface area (Å²) < 4.78 is 35.3. The number of rotatable bonds is 15. The Morgan fingerprint density at radius 1 is 0.847 bits per heavy atom. The highest BCUT2D eigenvalue weighted by Gasteiger charge is 2.47. The fraction of sp³-hybridized carbons (Fsp3) is 0.364. The number of amidine groups is 1. The van der Waals surface area contributed by atoms with Crippen molar-refractivity contribution >= 4 is 79.8 Å². The zero-order valence-electron chi connectivity index (χ0n) is 34.4. The molecule has 5 rings (SSSR count). The van der Waals surface area contributed by atoms with E-state index in [0.29, 0.717) is 17.9 Å². The number of likely N-dealkylation sites (N-methyl/N-ethyl adjacent to an activating group) is 1. The van der Waals surface area contributed by atoms with Crippen molar-refractivity contribution in [3.05, 3.63) is 117 Å². The molecule has 0 radical (unpaired) electrons. The van der Waals surface area contributed by atoms with Gasteiger partial charge in [-0.25, -0.2) is 8.42 Å². The summed E-state index contributed by atoms with van der Waals surface area (Å²) in [6.45, 7) is 16.3. The van der Waals surface area contributed by atoms with E-state index < -0.39 is 39.9 Å². The molecule has 0 aromatic heterocycles. The summed E-state index contributed by atoms with van der Waals surface area (Å²) in [7, 11) is -4.30. The maximum absolute atomic E-state index is 14.2. The van der Waals surface area contributed by atoms with Crippen LogP contribution in [-0.2, 0) is 30.4 Å². The van der Waals surface area contributed by atoms with Crippen molar-refractivity contribution in [1.82, 2.24) is 9.62 Å². The van der Waals surface area contributed by atoms with Gasteiger partial charge in [0.05, 0.1) is 14.9 Å². The fourth-order valence-electron chi connectivity index (χ4n) is 6.52. The van der Waals surface area contributed by atoms with Gasteiger partial charge in [-0.05, 0) is 84.2 Å². The number of hydrogen-bond acceptors (Lipinski definition) is 7. The number of ether oxygens (including phenoxy) is 1. The van der Waals surface area contributed by atoms with Gasteiger partial charge in [0.1, 0.15) is 11.4 Å². The second kappa shape index (κ2) is 18.4. The molecule has 11 nitrogen and oxygen atoms in total. The first-order chi connectivity index (χ1) is 27.8. The highest BCUT2D eigenvalue weighted by atomic mass is 35.5. The number of hydrogen-bond donors (Lipinski definition) is 2. The fourth-order valence-corrected chi connectivity index (χ4v) is 9.07. The van der Waals surface area contributed by atoms with E-state index in [1.807, 2.05) is 13.0 Å². The topological polar surface area (TPSA) is 137 Å². The molecule has 4 aromatic carbocycles. The van der Waals surface area contributed by atoms with E-state index in [4.69, 9.17) is 39.5 Å². The van der Waals surface area contributed by atoms with Crippen LogP contribution in [0.4, 0.5) is 11.4 Å². The van der Waals surface area contributed by atoms with Gasteiger partial charge in [-0.1, -0.05) is 127 Å². The normalized spacial score (nSPS) is 15.3. The molecule has 59 heavy (non-hydrogen) atoms. The smallest absolute Gasteiger partial charge is 0.273 e. The van der Waals surface area contributed by atoms with Crippen LogP contribution < -0.4 is 20.4 Å². The Morgan fingerprint density at radius 2 is 1.49 bits per heavy atom. The van der Waals surface area contributed by atoms with Crippen molar-refractivity contribution in [1.29, 1.82) is 0 Å². The van der Waals surface area contributed by atoms with Crippen LogP contribution >= 0.6 is 34.8 Å². The highest BCUT2D eigenvalue weighted by Crippen LogP contribution is 2.41. The lowest BCUT2D eigenvalue weighted by Gasteiger charge is -2.31. The number of amides is 3. The lowest BCUT2D eigenvalue weighted by atomic mass is 9.76. The molecule has 0 fully saturated rings. The molecular formula is C44H50Cl3N5O6S. The average Bonchev–Trinajstić information content (AvgIpc) is 3.50. The predicted molar refractivity (Wildman–Crippen MR) is 237 cm³/mol. The minimum Gasteiger partial charge on any atom is -0.480 e. The first-order valence-electron chi connectivity index (χ1n) is 19.5. The highest BCUT2D eigenvalue weighted by molar-refractivity contribution is 7.89. The molecule has 1 heterocycles. The van der Waals surface area contributed by atoms with Crippen LogP contribution in [-0.4, -0.2) is 55.0 Å². The van der Waals surface area contributed by atoms with Crippen LogP contribution in [0.15, 0.2) is 94.9 Å². The van der Waals surface area contributed by atoms with Gasteiger partial charge in [0.2, 0.25) is 10.0 Å². The average molecular weight is 883 g/mol. The Bertz CT molecular complexity index is 2350. The van der Waals surface area contributed by atoms with Gasteiger partial charge < -0.3 is 15.4 Å². The molecule has 2 atom stereocenters. The maximum atomic E-state index is 14.2. The minimum absolute atomic E-state index is 0.0274. The maximum Gasteiger partial charge on any atom is 0.273 e. The largest absolute Gasteiger partial charge is 0.480 e. The third kappa shape index (κ3) is 9.79. The molecule has 3 amide bonds. The number of sulfonamides is 1. The van der Waals surface area contributed by atoms with Gasteiger partial charge >= 0.3 is 0 Å². The number of nitrogens with zero attached hydrogens (tertiary/aromatic N) is 3. The van der Waals surface area contributed by atoms with Crippen LogP contribution in [0.3, 0.4) is 0 Å². The second-order valence-corrected chi connectivity index (χ2v) is 18.6. The predicted octanol–water partition coefficient (Wildman–Crippen LogP) is 9.99. The minimum atomic E-state index is -4.30. The number of benzene rings is 4. The van der Waals surface area contributed by atoms with Crippen LogP contribution in [0, 0.1) is 0 Å². The van der Waals surface area contributed by atoms with Gasteiger partial charge in [-0.2, -0.15) is 9.31 Å². The van der Waals surface area contributed by atoms with Crippen LogP contribution in [0.1, 0.15) is 96.1 Å². The molecule has 0 saturated carbocycles. The summed E-state index contributed by atoms with van der Waals surface area (Å²) in [5, 5.41) is 10.9. The van der Waals surface area contributed by atoms with E-state index >= 15 is 0 Å². The van der Waals surface area contributed by atoms with E-state index in [0.717, 1.165) is 27.7 Å². The zero-order chi connectivity index (χ0) is 43.4. The first kappa shape index (κ1) is 45.6. The van der Waals surface area contributed by atoms with Crippen molar-refractivity contribution in [3.63, 3.8) is 0 Å². The van der Waals surface area contributed by atoms with E-state index in [2.05, 4.69) is 69.4 Å². The van der Waals surface area contributed by atoms with Crippen molar-refractivity contribution in [2.75, 3.05) is 16.9 Å². The molecular weight excluding hydrogens is 833 g/mol. The molecule has 4 aromatic rings. The lowest BCUT2D eigenvalue weighted by molar-refractivity contribution is -0.123. The summed E-state index contributed by atoms with van der Waals surface area (Å²) in [5.41, 5.74) is 2.31. The SMILES string of the molecule is CCC(Oc1ccc(C(C)(C)CC)cc1C(C)(C)CC)C(=O)Nc1cccc(C(=O)NC2=NN(c3c(Cl)cc(Cl)cc3Cl)C(=O)C2N(CC)S(=O)(=O)c2ccccc2)c1. The van der Waals surface area contributed by atoms with Gasteiger partial charge in [0.25, 0.3) is 17.7 Å². The Labute approximate surface area is 362 Å². The number of carbonyl (C=O) groups excluding carboxylic acids is 3. The zero-order valence-corrected chi connectivity index (χ0v) is 37.5. The van der Waals surface area contributed by atoms with Gasteiger partial charge in [0, 0.05) is 28.4 Å². The summed E-state index contributed by atoms with van der Waals surface area (Å²) in [6, 6.07) is 21.1. The summed E-state index contributed by atoms with van der Waals surface area (Å²) >= 11 is 19.1. The third-order valence-corrected chi connectivity index (χ3v) is 13.6. The Kier molecular flexibility index (Phi) is 14.3. The van der Waals surface area contributed by atoms with Crippen molar-refractivity contribution in [3.8, 4) is 5.75 Å². The summed E-state index contributed by atoms with van der Waals surface area (Å²) in [6.07, 6.45) is 1.33. The number of anilines is 2. The second-order valence-electron chi connectivity index (χ2n) is 15.5. The number of hydrazone groups is 1. The Hall–Kier alpha value is -4.46. The molecule has 1 aliphatic heterocycles. The number of nitrogens with one attached hydrogen (secondary N) is 2. The molecule has 2 unspecified atom stereocenters. The van der Waals surface area contributed by atoms with Gasteiger partial charge in [0.15, 0.2) is 18.0 Å². The van der Waals surface area contributed by atoms with E-state index in [1.165, 1.54) is 42.0 Å². The molecule has 0 bridgehead atoms. The lowest BCUT2D eigenvalue weighted by Crippen LogP contribution is -2.53. The third-order valence-electron chi connectivity index (χ3n) is 10.9. The molecule has 2 N–H and O–H groups in total. The number of carbonyl (C=O) groups is 3. The standard InChI is InChI=1S/C44H50Cl3N5O6S/c1-9-35(58-36-22-21-28(43(5,6)10-2)24-32(36)44(7,8)11-3)41(54)48-30-18-16-17-27(23-30)40(53)49-39-38(51(12-4)59(56,57)31-19-14-13-15-20-31)42(55)52(50-39)37-33(46)25-29(45)26-34(37)47/h13-26,35,38H,9-12H2,1-8H3,(H,48,54)(H,49,50,53). The molecule has 0 spiro atoms. The number of halogens is 3. The molecule has 15 heteroatoms. The van der Waals surface area contributed by atoms with Crippen LogP contribution in [0.2, 0.25) is 15.1 Å². The summed E-state index contributed by atoms with van der Waals surface area (Å²) in [5.74, 6) is -1.64. The van der Waals surface area contributed by atoms with Crippen molar-refractivity contribution in [2.45, 2.75) is 103 Å². The molecule has 0 aliphatic carbocycles. The monoisotopic (exact) mass is 881 g/mol. The quantitative estimate of drug-likeness (QED) is 0.122. The Balaban J connectivity index is 1.43. The molecule has 1 aliphatic rings. The van der Waals surface area contributed by atoms with E-state index in [1.54, 1.807) is 37.3 Å².